The van der Waals surface area contributed by atoms with Gasteiger partial charge in [-0.15, -0.1) is 0 Å². The number of hydrogen-bond donors (Lipinski definition) is 0. The minimum absolute atomic E-state index is 0.0103. The van der Waals surface area contributed by atoms with Gasteiger partial charge in [-0.3, -0.25) is 4.79 Å². The van der Waals surface area contributed by atoms with Gasteiger partial charge in [0.1, 0.15) is 0 Å². The highest BCUT2D eigenvalue weighted by Crippen LogP contribution is 2.67. The van der Waals surface area contributed by atoms with Gasteiger partial charge >= 0.3 is 0 Å². The fraction of sp³-hybridized carbons (Fsp3) is 0.500. The van der Waals surface area contributed by atoms with Crippen molar-refractivity contribution >= 4 is 21.7 Å². The Labute approximate surface area is 103 Å². The normalized spacial score (nSPS) is 43.6. The molecule has 16 heavy (non-hydrogen) atoms. The van der Waals surface area contributed by atoms with E-state index in [9.17, 15) is 4.79 Å². The zero-order valence-electron chi connectivity index (χ0n) is 8.95. The number of alkyl halides is 1. The van der Waals surface area contributed by atoms with Gasteiger partial charge in [-0.25, -0.2) is 0 Å². The summed E-state index contributed by atoms with van der Waals surface area (Å²) >= 11 is 3.95. The molecular weight excluding hydrogens is 264 g/mol. The van der Waals surface area contributed by atoms with Crippen molar-refractivity contribution in [3.8, 4) is 0 Å². The lowest BCUT2D eigenvalue weighted by Crippen LogP contribution is -2.33. The van der Waals surface area contributed by atoms with Crippen LogP contribution in [0.1, 0.15) is 35.2 Å². The lowest BCUT2D eigenvalue weighted by atomic mass is 9.79. The van der Waals surface area contributed by atoms with Gasteiger partial charge in [0.2, 0.25) is 0 Å². The summed E-state index contributed by atoms with van der Waals surface area (Å²) in [6.07, 6.45) is 3.78. The summed E-state index contributed by atoms with van der Waals surface area (Å²) in [6.45, 7) is 0. The number of fused-ring (bicyclic) bond motifs is 7. The highest BCUT2D eigenvalue weighted by atomic mass is 79.9. The third kappa shape index (κ3) is 0.839. The minimum Gasteiger partial charge on any atom is -0.294 e. The fourth-order valence-corrected chi connectivity index (χ4v) is 5.63. The van der Waals surface area contributed by atoms with Crippen LogP contribution in [0.15, 0.2) is 24.3 Å². The van der Waals surface area contributed by atoms with Crippen molar-refractivity contribution in [3.05, 3.63) is 35.4 Å². The highest BCUT2D eigenvalue weighted by molar-refractivity contribution is 9.09. The van der Waals surface area contributed by atoms with E-state index in [-0.39, 0.29) is 10.2 Å². The smallest absolute Gasteiger partial charge is 0.168 e. The Morgan fingerprint density at radius 1 is 1.25 bits per heavy atom. The van der Waals surface area contributed by atoms with E-state index < -0.39 is 0 Å². The Morgan fingerprint density at radius 2 is 2.06 bits per heavy atom. The van der Waals surface area contributed by atoms with Crippen LogP contribution in [0.5, 0.6) is 0 Å². The van der Waals surface area contributed by atoms with Crippen LogP contribution in [-0.4, -0.2) is 5.78 Å². The van der Waals surface area contributed by atoms with E-state index >= 15 is 0 Å². The molecule has 1 aromatic carbocycles. The quantitative estimate of drug-likeness (QED) is 0.663. The maximum Gasteiger partial charge on any atom is 0.168 e. The summed E-state index contributed by atoms with van der Waals surface area (Å²) in [5.41, 5.74) is 2.23. The predicted molar refractivity (Wildman–Crippen MR) is 65.7 cm³/mol. The summed E-state index contributed by atoms with van der Waals surface area (Å²) in [4.78, 5) is 12.4. The molecule has 0 saturated heterocycles. The molecule has 0 radical (unpaired) electrons. The topological polar surface area (TPSA) is 17.1 Å². The van der Waals surface area contributed by atoms with Gasteiger partial charge in [0, 0.05) is 11.5 Å². The maximum atomic E-state index is 12.4. The summed E-state index contributed by atoms with van der Waals surface area (Å²) in [5, 5.41) is 0. The molecule has 0 amide bonds. The number of rotatable bonds is 0. The summed E-state index contributed by atoms with van der Waals surface area (Å²) in [7, 11) is 0. The van der Waals surface area contributed by atoms with Gasteiger partial charge in [-0.2, -0.15) is 0 Å². The number of ketones is 1. The van der Waals surface area contributed by atoms with Gasteiger partial charge in [-0.05, 0) is 36.7 Å². The van der Waals surface area contributed by atoms with E-state index in [1.54, 1.807) is 0 Å². The van der Waals surface area contributed by atoms with Crippen LogP contribution in [0.2, 0.25) is 0 Å². The zero-order chi connectivity index (χ0) is 10.9. The van der Waals surface area contributed by atoms with Gasteiger partial charge in [0.25, 0.3) is 0 Å². The van der Waals surface area contributed by atoms with Crippen molar-refractivity contribution in [3.63, 3.8) is 0 Å². The number of halogens is 1. The van der Waals surface area contributed by atoms with Crippen molar-refractivity contribution in [1.82, 2.24) is 0 Å². The first-order valence-electron chi connectivity index (χ1n) is 6.05. The molecule has 1 nitrogen and oxygen atoms in total. The second-order valence-electron chi connectivity index (χ2n) is 5.43. The molecule has 2 bridgehead atoms. The largest absolute Gasteiger partial charge is 0.294 e. The molecule has 0 heterocycles. The molecule has 2 heteroatoms. The standard InChI is InChI=1S/C14H13BrO/c15-14-9-6-5-8(7-9)12(14)13(16)10-3-1-2-4-11(10)14/h1-4,8-9,12H,5-7H2. The van der Waals surface area contributed by atoms with E-state index in [1.165, 1.54) is 24.8 Å². The molecule has 1 aromatic rings. The molecule has 0 N–H and O–H groups in total. The van der Waals surface area contributed by atoms with E-state index in [4.69, 9.17) is 0 Å². The van der Waals surface area contributed by atoms with Crippen LogP contribution in [0.4, 0.5) is 0 Å². The molecule has 4 rings (SSSR count). The third-order valence-electron chi connectivity index (χ3n) is 4.88. The molecular formula is C14H13BrO. The third-order valence-corrected chi connectivity index (χ3v) is 6.45. The van der Waals surface area contributed by atoms with Crippen LogP contribution in [0.25, 0.3) is 0 Å². The predicted octanol–water partition coefficient (Wildman–Crippen LogP) is 3.52. The monoisotopic (exact) mass is 276 g/mol. The first-order chi connectivity index (χ1) is 7.73. The van der Waals surface area contributed by atoms with Crippen LogP contribution in [-0.2, 0) is 4.32 Å². The number of carbonyl (C=O) groups is 1. The second kappa shape index (κ2) is 2.79. The maximum absolute atomic E-state index is 12.4. The first kappa shape index (κ1) is 9.41. The number of Topliss-reactive ketones (excluding diaryl/α,β-unsaturated/α-hetero) is 1. The SMILES string of the molecule is O=C1c2ccccc2C2(Br)C3CCC(C3)C12. The molecule has 0 spiro atoms. The average Bonchev–Trinajstić information content (AvgIpc) is 2.92. The minimum atomic E-state index is -0.0103. The van der Waals surface area contributed by atoms with E-state index in [2.05, 4.69) is 28.1 Å². The second-order valence-corrected chi connectivity index (χ2v) is 6.74. The van der Waals surface area contributed by atoms with Crippen molar-refractivity contribution in [2.75, 3.05) is 0 Å². The molecule has 2 fully saturated rings. The van der Waals surface area contributed by atoms with Crippen LogP contribution >= 0.6 is 15.9 Å². The van der Waals surface area contributed by atoms with E-state index in [0.29, 0.717) is 17.6 Å². The van der Waals surface area contributed by atoms with Crippen LogP contribution < -0.4 is 0 Å². The average molecular weight is 277 g/mol. The molecule has 2 saturated carbocycles. The number of carbonyl (C=O) groups excluding carboxylic acids is 1. The highest BCUT2D eigenvalue weighted by Gasteiger charge is 2.64. The molecule has 0 aliphatic heterocycles. The van der Waals surface area contributed by atoms with Crippen molar-refractivity contribution in [2.45, 2.75) is 23.6 Å². The van der Waals surface area contributed by atoms with Crippen molar-refractivity contribution in [2.24, 2.45) is 17.8 Å². The lowest BCUT2D eigenvalue weighted by Gasteiger charge is -2.33. The van der Waals surface area contributed by atoms with Crippen molar-refractivity contribution in [1.29, 1.82) is 0 Å². The van der Waals surface area contributed by atoms with Gasteiger partial charge in [0.05, 0.1) is 4.32 Å². The zero-order valence-corrected chi connectivity index (χ0v) is 10.5. The van der Waals surface area contributed by atoms with Crippen molar-refractivity contribution < 1.29 is 4.79 Å². The molecule has 82 valence electrons. The van der Waals surface area contributed by atoms with E-state index in [0.717, 1.165) is 5.56 Å². The number of benzene rings is 1. The van der Waals surface area contributed by atoms with Crippen LogP contribution in [0.3, 0.4) is 0 Å². The van der Waals surface area contributed by atoms with E-state index in [1.807, 2.05) is 12.1 Å². The Morgan fingerprint density at radius 3 is 2.94 bits per heavy atom. The Kier molecular flexibility index (Phi) is 1.64. The summed E-state index contributed by atoms with van der Waals surface area (Å²) in [6, 6.07) is 8.18. The fourth-order valence-electron chi connectivity index (χ4n) is 4.29. The first-order valence-corrected chi connectivity index (χ1v) is 6.85. The Balaban J connectivity index is 2.00. The lowest BCUT2D eigenvalue weighted by molar-refractivity contribution is 0.0873. The van der Waals surface area contributed by atoms with Gasteiger partial charge in [-0.1, -0.05) is 40.2 Å². The number of hydrogen-bond acceptors (Lipinski definition) is 1. The molecule has 4 unspecified atom stereocenters. The summed E-state index contributed by atoms with van der Waals surface area (Å²) < 4.78 is -0.0103. The van der Waals surface area contributed by atoms with Crippen LogP contribution in [0, 0.1) is 17.8 Å². The van der Waals surface area contributed by atoms with Gasteiger partial charge in [0.15, 0.2) is 5.78 Å². The molecule has 3 aliphatic rings. The molecule has 3 aliphatic carbocycles. The molecule has 4 atom stereocenters. The Hall–Kier alpha value is -0.630. The summed E-state index contributed by atoms with van der Waals surface area (Å²) in [5.74, 6) is 1.92. The van der Waals surface area contributed by atoms with Gasteiger partial charge < -0.3 is 0 Å². The Bertz CT molecular complexity index is 495. The molecule has 0 aromatic heterocycles.